The Bertz CT molecular complexity index is 333. The Hall–Kier alpha value is -1.98. The molecular formula is C11H14N2O3. The number of rotatable bonds is 5. The highest BCUT2D eigenvalue weighted by Gasteiger charge is 2.46. The SMILES string of the molecule is C#CCC(CC#C)(C(=O)NCC)C(=O)ON. The van der Waals surface area contributed by atoms with Gasteiger partial charge in [0.2, 0.25) is 5.91 Å². The molecule has 5 nitrogen and oxygen atoms in total. The summed E-state index contributed by atoms with van der Waals surface area (Å²) in [6.07, 6.45) is 9.94. The van der Waals surface area contributed by atoms with Gasteiger partial charge in [0.15, 0.2) is 5.41 Å². The van der Waals surface area contributed by atoms with Crippen LogP contribution in [0.5, 0.6) is 0 Å². The first-order valence-electron chi connectivity index (χ1n) is 4.65. The molecule has 0 bridgehead atoms. The number of hydrogen-bond donors (Lipinski definition) is 2. The Balaban J connectivity index is 5.26. The van der Waals surface area contributed by atoms with E-state index in [9.17, 15) is 9.59 Å². The number of amides is 1. The fourth-order valence-electron chi connectivity index (χ4n) is 1.25. The standard InChI is InChI=1S/C11H14N2O3/c1-4-7-11(8-5-2,10(15)16-12)9(14)13-6-3/h1-2H,6-8,12H2,3H3,(H,13,14). The molecule has 0 atom stereocenters. The summed E-state index contributed by atoms with van der Waals surface area (Å²) < 4.78 is 0. The topological polar surface area (TPSA) is 81.4 Å². The molecule has 0 aromatic carbocycles. The Kier molecular flexibility index (Phi) is 5.69. The highest BCUT2D eigenvalue weighted by Crippen LogP contribution is 2.27. The monoisotopic (exact) mass is 222 g/mol. The first kappa shape index (κ1) is 14.0. The van der Waals surface area contributed by atoms with Crippen LogP contribution in [0.4, 0.5) is 0 Å². The molecule has 0 radical (unpaired) electrons. The van der Waals surface area contributed by atoms with Crippen molar-refractivity contribution in [3.8, 4) is 24.7 Å². The van der Waals surface area contributed by atoms with Gasteiger partial charge in [0.1, 0.15) is 0 Å². The summed E-state index contributed by atoms with van der Waals surface area (Å²) in [6.45, 7) is 2.07. The van der Waals surface area contributed by atoms with E-state index in [1.807, 2.05) is 0 Å². The lowest BCUT2D eigenvalue weighted by Crippen LogP contribution is -2.47. The summed E-state index contributed by atoms with van der Waals surface area (Å²) in [5, 5.41) is 2.48. The molecular weight excluding hydrogens is 208 g/mol. The van der Waals surface area contributed by atoms with E-state index in [0.717, 1.165) is 0 Å². The van der Waals surface area contributed by atoms with E-state index in [1.54, 1.807) is 6.92 Å². The molecule has 86 valence electrons. The lowest BCUT2D eigenvalue weighted by atomic mass is 9.80. The van der Waals surface area contributed by atoms with Gasteiger partial charge in [0.25, 0.3) is 0 Å². The van der Waals surface area contributed by atoms with Crippen LogP contribution in [0.25, 0.3) is 0 Å². The van der Waals surface area contributed by atoms with Gasteiger partial charge in [0, 0.05) is 19.4 Å². The Labute approximate surface area is 94.7 Å². The highest BCUT2D eigenvalue weighted by atomic mass is 16.7. The smallest absolute Gasteiger partial charge is 0.342 e. The molecule has 0 heterocycles. The highest BCUT2D eigenvalue weighted by molar-refractivity contribution is 6.03. The molecule has 0 aliphatic rings. The van der Waals surface area contributed by atoms with E-state index in [-0.39, 0.29) is 12.8 Å². The number of carbonyl (C=O) groups excluding carboxylic acids is 2. The molecule has 0 fully saturated rings. The average molecular weight is 222 g/mol. The van der Waals surface area contributed by atoms with Crippen LogP contribution >= 0.6 is 0 Å². The van der Waals surface area contributed by atoms with E-state index < -0.39 is 17.3 Å². The van der Waals surface area contributed by atoms with Crippen LogP contribution in [0.3, 0.4) is 0 Å². The third-order valence-electron chi connectivity index (χ3n) is 2.08. The molecule has 0 saturated carbocycles. The molecule has 0 aliphatic heterocycles. The molecule has 0 rings (SSSR count). The maximum Gasteiger partial charge on any atom is 0.342 e. The van der Waals surface area contributed by atoms with Crippen molar-refractivity contribution < 1.29 is 14.4 Å². The van der Waals surface area contributed by atoms with E-state index in [0.29, 0.717) is 6.54 Å². The fraction of sp³-hybridized carbons (Fsp3) is 0.455. The minimum Gasteiger partial charge on any atom is -0.372 e. The molecule has 0 aliphatic carbocycles. The van der Waals surface area contributed by atoms with Gasteiger partial charge in [-0.15, -0.1) is 24.7 Å². The van der Waals surface area contributed by atoms with Gasteiger partial charge in [-0.2, -0.15) is 5.90 Å². The molecule has 16 heavy (non-hydrogen) atoms. The first-order valence-corrected chi connectivity index (χ1v) is 4.65. The van der Waals surface area contributed by atoms with E-state index in [2.05, 4.69) is 22.0 Å². The first-order chi connectivity index (χ1) is 7.58. The third-order valence-corrected chi connectivity index (χ3v) is 2.08. The molecule has 5 heteroatoms. The largest absolute Gasteiger partial charge is 0.372 e. The van der Waals surface area contributed by atoms with Crippen LogP contribution in [-0.2, 0) is 14.4 Å². The molecule has 3 N–H and O–H groups in total. The summed E-state index contributed by atoms with van der Waals surface area (Å²) in [6, 6.07) is 0. The van der Waals surface area contributed by atoms with Gasteiger partial charge in [-0.1, -0.05) is 0 Å². The van der Waals surface area contributed by atoms with Crippen LogP contribution in [0.15, 0.2) is 0 Å². The maximum atomic E-state index is 11.8. The zero-order valence-corrected chi connectivity index (χ0v) is 9.08. The lowest BCUT2D eigenvalue weighted by Gasteiger charge is -2.25. The fourth-order valence-corrected chi connectivity index (χ4v) is 1.25. The van der Waals surface area contributed by atoms with Gasteiger partial charge < -0.3 is 10.2 Å². The van der Waals surface area contributed by atoms with Crippen molar-refractivity contribution >= 4 is 11.9 Å². The third kappa shape index (κ3) is 2.75. The zero-order valence-electron chi connectivity index (χ0n) is 9.08. The number of nitrogens with two attached hydrogens (primary N) is 1. The molecule has 0 aromatic heterocycles. The second-order valence-electron chi connectivity index (χ2n) is 3.11. The van der Waals surface area contributed by atoms with Crippen molar-refractivity contribution in [2.45, 2.75) is 19.8 Å². The summed E-state index contributed by atoms with van der Waals surface area (Å²) >= 11 is 0. The normalized spacial score (nSPS) is 9.75. The van der Waals surface area contributed by atoms with E-state index in [1.165, 1.54) is 0 Å². The number of terminal acetylenes is 2. The Morgan fingerprint density at radius 1 is 1.38 bits per heavy atom. The predicted octanol–water partition coefficient (Wildman–Crippen LogP) is -0.428. The van der Waals surface area contributed by atoms with E-state index in [4.69, 9.17) is 18.7 Å². The van der Waals surface area contributed by atoms with Crippen LogP contribution in [0.2, 0.25) is 0 Å². The van der Waals surface area contributed by atoms with Crippen molar-refractivity contribution in [3.63, 3.8) is 0 Å². The number of hydrogen-bond acceptors (Lipinski definition) is 4. The molecule has 0 aromatic rings. The van der Waals surface area contributed by atoms with Crippen LogP contribution < -0.4 is 11.2 Å². The second kappa shape index (κ2) is 6.49. The minimum absolute atomic E-state index is 0.154. The van der Waals surface area contributed by atoms with Gasteiger partial charge in [-0.3, -0.25) is 4.79 Å². The van der Waals surface area contributed by atoms with Gasteiger partial charge in [-0.25, -0.2) is 4.79 Å². The van der Waals surface area contributed by atoms with Crippen molar-refractivity contribution in [2.24, 2.45) is 11.3 Å². The van der Waals surface area contributed by atoms with Crippen molar-refractivity contribution in [1.82, 2.24) is 5.32 Å². The Morgan fingerprint density at radius 2 is 1.88 bits per heavy atom. The van der Waals surface area contributed by atoms with Crippen LogP contribution in [-0.4, -0.2) is 18.4 Å². The summed E-state index contributed by atoms with van der Waals surface area (Å²) in [7, 11) is 0. The maximum absolute atomic E-state index is 11.8. The molecule has 0 spiro atoms. The van der Waals surface area contributed by atoms with Crippen molar-refractivity contribution in [3.05, 3.63) is 0 Å². The predicted molar refractivity (Wildman–Crippen MR) is 58.3 cm³/mol. The average Bonchev–Trinajstić information content (AvgIpc) is 2.27. The quantitative estimate of drug-likeness (QED) is 0.376. The number of nitrogens with one attached hydrogen (secondary N) is 1. The van der Waals surface area contributed by atoms with Crippen molar-refractivity contribution in [1.29, 1.82) is 0 Å². The van der Waals surface area contributed by atoms with E-state index >= 15 is 0 Å². The number of carbonyl (C=O) groups is 2. The van der Waals surface area contributed by atoms with Gasteiger partial charge in [-0.05, 0) is 6.92 Å². The second-order valence-corrected chi connectivity index (χ2v) is 3.11. The lowest BCUT2D eigenvalue weighted by molar-refractivity contribution is -0.161. The molecule has 0 saturated heterocycles. The zero-order chi connectivity index (χ0) is 12.6. The van der Waals surface area contributed by atoms with Crippen LogP contribution in [0, 0.1) is 30.1 Å². The minimum atomic E-state index is -1.59. The van der Waals surface area contributed by atoms with Crippen LogP contribution in [0.1, 0.15) is 19.8 Å². The van der Waals surface area contributed by atoms with Gasteiger partial charge in [0.05, 0.1) is 0 Å². The Morgan fingerprint density at radius 3 is 2.19 bits per heavy atom. The van der Waals surface area contributed by atoms with Crippen molar-refractivity contribution in [2.75, 3.05) is 6.54 Å². The molecule has 1 amide bonds. The summed E-state index contributed by atoms with van der Waals surface area (Å²) in [5.41, 5.74) is -1.59. The summed E-state index contributed by atoms with van der Waals surface area (Å²) in [5.74, 6) is 7.77. The summed E-state index contributed by atoms with van der Waals surface area (Å²) in [4.78, 5) is 27.4. The van der Waals surface area contributed by atoms with Gasteiger partial charge >= 0.3 is 5.97 Å². The molecule has 0 unspecified atom stereocenters.